The molecule has 2 aromatic rings. The number of hydrogen-bond donors (Lipinski definition) is 1. The molecule has 1 aliphatic rings. The van der Waals surface area contributed by atoms with Gasteiger partial charge in [0.25, 0.3) is 5.91 Å². The van der Waals surface area contributed by atoms with Crippen molar-refractivity contribution in [1.82, 2.24) is 9.47 Å². The van der Waals surface area contributed by atoms with Gasteiger partial charge in [0.05, 0.1) is 37.3 Å². The van der Waals surface area contributed by atoms with Crippen LogP contribution >= 0.6 is 0 Å². The maximum atomic E-state index is 13.2. The van der Waals surface area contributed by atoms with Crippen molar-refractivity contribution in [2.45, 2.75) is 39.3 Å². The Balaban J connectivity index is 1.91. The van der Waals surface area contributed by atoms with Crippen LogP contribution in [-0.2, 0) is 9.53 Å². The van der Waals surface area contributed by atoms with Crippen LogP contribution in [0.3, 0.4) is 0 Å². The van der Waals surface area contributed by atoms with Gasteiger partial charge in [-0.1, -0.05) is 30.3 Å². The first kappa shape index (κ1) is 19.2. The molecule has 3 rings (SSSR count). The molecule has 0 aliphatic carbocycles. The molecule has 27 heavy (non-hydrogen) atoms. The third kappa shape index (κ3) is 3.90. The molecule has 2 unspecified atom stereocenters. The number of morpholine rings is 1. The van der Waals surface area contributed by atoms with E-state index < -0.39 is 12.0 Å². The zero-order valence-electron chi connectivity index (χ0n) is 16.0. The molecule has 144 valence electrons. The van der Waals surface area contributed by atoms with Gasteiger partial charge in [0.15, 0.2) is 0 Å². The van der Waals surface area contributed by atoms with Crippen LogP contribution in [0.5, 0.6) is 0 Å². The molecule has 1 aliphatic heterocycles. The van der Waals surface area contributed by atoms with E-state index in [2.05, 4.69) is 23.6 Å². The Labute approximate surface area is 159 Å². The number of carbonyl (C=O) groups excluding carboxylic acids is 1. The lowest BCUT2D eigenvalue weighted by Gasteiger charge is -2.35. The lowest BCUT2D eigenvalue weighted by molar-refractivity contribution is -0.139. The fraction of sp³-hybridized carbons (Fsp3) is 0.429. The van der Waals surface area contributed by atoms with Crippen LogP contribution in [0, 0.1) is 13.8 Å². The Bertz CT molecular complexity index is 828. The van der Waals surface area contributed by atoms with E-state index >= 15 is 0 Å². The quantitative estimate of drug-likeness (QED) is 0.878. The number of ether oxygens (including phenoxy) is 1. The summed E-state index contributed by atoms with van der Waals surface area (Å²) in [5.74, 6) is -1.05. The highest BCUT2D eigenvalue weighted by atomic mass is 16.5. The zero-order valence-corrected chi connectivity index (χ0v) is 16.0. The van der Waals surface area contributed by atoms with E-state index in [1.807, 2.05) is 38.1 Å². The molecule has 1 N–H and O–H groups in total. The maximum absolute atomic E-state index is 13.2. The summed E-state index contributed by atoms with van der Waals surface area (Å²) >= 11 is 0. The van der Waals surface area contributed by atoms with Crippen molar-refractivity contribution in [2.24, 2.45) is 0 Å². The van der Waals surface area contributed by atoms with E-state index in [0.29, 0.717) is 18.7 Å². The first-order valence-corrected chi connectivity index (χ1v) is 9.24. The van der Waals surface area contributed by atoms with E-state index in [-0.39, 0.29) is 25.0 Å². The molecule has 0 saturated carbocycles. The minimum Gasteiger partial charge on any atom is -0.481 e. The van der Waals surface area contributed by atoms with E-state index in [0.717, 1.165) is 11.4 Å². The summed E-state index contributed by atoms with van der Waals surface area (Å²) < 4.78 is 7.55. The lowest BCUT2D eigenvalue weighted by atomic mass is 10.1. The van der Waals surface area contributed by atoms with E-state index in [1.54, 1.807) is 4.90 Å². The molecule has 6 heteroatoms. The number of carboxylic acids is 1. The van der Waals surface area contributed by atoms with Gasteiger partial charge in [-0.3, -0.25) is 9.59 Å². The number of hydrogen-bond acceptors (Lipinski definition) is 3. The normalized spacial score (nSPS) is 18.3. The average Bonchev–Trinajstić information content (AvgIpc) is 2.95. The number of carbonyl (C=O) groups is 2. The van der Waals surface area contributed by atoms with Gasteiger partial charge in [0.2, 0.25) is 0 Å². The van der Waals surface area contributed by atoms with Gasteiger partial charge in [-0.25, -0.2) is 0 Å². The molecule has 1 fully saturated rings. The number of carboxylic acid groups (broad SMARTS) is 1. The summed E-state index contributed by atoms with van der Waals surface area (Å²) in [6, 6.07) is 11.7. The summed E-state index contributed by atoms with van der Waals surface area (Å²) in [7, 11) is 0. The zero-order chi connectivity index (χ0) is 19.6. The summed E-state index contributed by atoms with van der Waals surface area (Å²) in [4.78, 5) is 26.0. The van der Waals surface area contributed by atoms with Gasteiger partial charge < -0.3 is 19.3 Å². The molecular formula is C21H26N2O4. The third-order valence-corrected chi connectivity index (χ3v) is 5.28. The number of benzene rings is 1. The highest BCUT2D eigenvalue weighted by Gasteiger charge is 2.32. The number of aliphatic carboxylic acids is 1. The van der Waals surface area contributed by atoms with Gasteiger partial charge >= 0.3 is 5.97 Å². The van der Waals surface area contributed by atoms with Crippen molar-refractivity contribution >= 4 is 11.9 Å². The standard InChI is InChI=1S/C21H26N2O4/c1-14-11-19(16(3)23(14)15(2)17-7-5-4-6-8-17)21(26)22-9-10-27-13-18(22)12-20(24)25/h4-8,11,15,18H,9-10,12-13H2,1-3H3,(H,24,25). The van der Waals surface area contributed by atoms with Crippen molar-refractivity contribution in [3.8, 4) is 0 Å². The second-order valence-electron chi connectivity index (χ2n) is 7.07. The number of nitrogens with zero attached hydrogens (tertiary/aromatic N) is 2. The molecule has 2 atom stereocenters. The van der Waals surface area contributed by atoms with Crippen molar-refractivity contribution in [2.75, 3.05) is 19.8 Å². The Morgan fingerprint density at radius 3 is 2.63 bits per heavy atom. The Morgan fingerprint density at radius 1 is 1.26 bits per heavy atom. The van der Waals surface area contributed by atoms with Gasteiger partial charge in [-0.2, -0.15) is 0 Å². The number of amides is 1. The van der Waals surface area contributed by atoms with Crippen molar-refractivity contribution in [1.29, 1.82) is 0 Å². The first-order chi connectivity index (χ1) is 12.9. The summed E-state index contributed by atoms with van der Waals surface area (Å²) in [5, 5.41) is 9.14. The topological polar surface area (TPSA) is 71.8 Å². The summed E-state index contributed by atoms with van der Waals surface area (Å²) in [6.45, 7) is 7.17. The summed E-state index contributed by atoms with van der Waals surface area (Å²) in [6.07, 6.45) is -0.106. The van der Waals surface area contributed by atoms with Crippen LogP contribution in [0.4, 0.5) is 0 Å². The van der Waals surface area contributed by atoms with Crippen LogP contribution in [0.2, 0.25) is 0 Å². The van der Waals surface area contributed by atoms with Crippen molar-refractivity contribution in [3.63, 3.8) is 0 Å². The van der Waals surface area contributed by atoms with Crippen LogP contribution in [0.1, 0.15) is 46.7 Å². The number of aryl methyl sites for hydroxylation is 1. The fourth-order valence-electron chi connectivity index (χ4n) is 3.92. The van der Waals surface area contributed by atoms with Gasteiger partial charge in [0.1, 0.15) is 0 Å². The van der Waals surface area contributed by atoms with Crippen LogP contribution < -0.4 is 0 Å². The molecule has 1 aromatic heterocycles. The van der Waals surface area contributed by atoms with Crippen LogP contribution in [0.25, 0.3) is 0 Å². The molecule has 6 nitrogen and oxygen atoms in total. The Hall–Kier alpha value is -2.60. The Kier molecular flexibility index (Phi) is 5.65. The summed E-state index contributed by atoms with van der Waals surface area (Å²) in [5.41, 5.74) is 3.71. The largest absolute Gasteiger partial charge is 0.481 e. The first-order valence-electron chi connectivity index (χ1n) is 9.24. The minimum absolute atomic E-state index is 0.104. The average molecular weight is 370 g/mol. The molecule has 0 radical (unpaired) electrons. The Morgan fingerprint density at radius 2 is 1.96 bits per heavy atom. The molecule has 1 saturated heterocycles. The molecule has 1 aromatic carbocycles. The molecule has 0 bridgehead atoms. The maximum Gasteiger partial charge on any atom is 0.305 e. The second-order valence-corrected chi connectivity index (χ2v) is 7.07. The SMILES string of the molecule is Cc1cc(C(=O)N2CCOCC2CC(=O)O)c(C)n1C(C)c1ccccc1. The second kappa shape index (κ2) is 7.96. The van der Waals surface area contributed by atoms with Gasteiger partial charge in [-0.05, 0) is 32.4 Å². The number of aromatic nitrogens is 1. The van der Waals surface area contributed by atoms with Crippen LogP contribution in [0.15, 0.2) is 36.4 Å². The monoisotopic (exact) mass is 370 g/mol. The third-order valence-electron chi connectivity index (χ3n) is 5.28. The van der Waals surface area contributed by atoms with Crippen molar-refractivity contribution < 1.29 is 19.4 Å². The van der Waals surface area contributed by atoms with E-state index in [1.165, 1.54) is 5.56 Å². The number of rotatable bonds is 5. The van der Waals surface area contributed by atoms with Crippen molar-refractivity contribution in [3.05, 3.63) is 58.9 Å². The van der Waals surface area contributed by atoms with Gasteiger partial charge in [0, 0.05) is 17.9 Å². The van der Waals surface area contributed by atoms with Crippen LogP contribution in [-0.4, -0.2) is 52.3 Å². The van der Waals surface area contributed by atoms with E-state index in [4.69, 9.17) is 9.84 Å². The molecule has 0 spiro atoms. The highest BCUT2D eigenvalue weighted by Crippen LogP contribution is 2.27. The van der Waals surface area contributed by atoms with Gasteiger partial charge in [-0.15, -0.1) is 0 Å². The lowest BCUT2D eigenvalue weighted by Crippen LogP contribution is -2.49. The van der Waals surface area contributed by atoms with E-state index in [9.17, 15) is 9.59 Å². The molecule has 2 heterocycles. The highest BCUT2D eigenvalue weighted by molar-refractivity contribution is 5.96. The fourth-order valence-corrected chi connectivity index (χ4v) is 3.92. The minimum atomic E-state index is -0.925. The molecular weight excluding hydrogens is 344 g/mol. The smallest absolute Gasteiger partial charge is 0.305 e. The molecule has 1 amide bonds. The predicted octanol–water partition coefficient (Wildman–Crippen LogP) is 3.03. The predicted molar refractivity (Wildman–Crippen MR) is 102 cm³/mol.